The number of piperidine rings is 1. The van der Waals surface area contributed by atoms with Gasteiger partial charge in [-0.05, 0) is 49.6 Å². The molecular formula is C23H32N6O5S. The largest absolute Gasteiger partial charge is 0.480 e. The minimum Gasteiger partial charge on any atom is -0.480 e. The number of hydrogen-bond donors (Lipinski definition) is 4. The maximum Gasteiger partial charge on any atom is 0.323 e. The monoisotopic (exact) mass is 504 g/mol. The van der Waals surface area contributed by atoms with Crippen molar-refractivity contribution in [3.8, 4) is 0 Å². The summed E-state index contributed by atoms with van der Waals surface area (Å²) in [6, 6.07) is 7.56. The number of hydrogen-bond acceptors (Lipinski definition) is 8. The molecule has 1 aromatic heterocycles. The second-order valence-electron chi connectivity index (χ2n) is 8.44. The molecule has 35 heavy (non-hydrogen) atoms. The van der Waals surface area contributed by atoms with Gasteiger partial charge < -0.3 is 20.6 Å². The van der Waals surface area contributed by atoms with Crippen LogP contribution in [-0.2, 0) is 14.8 Å². The average Bonchev–Trinajstić information content (AvgIpc) is 2.86. The first kappa shape index (κ1) is 26.4. The standard InChI is InChI=1S/C23H32N6O5S/c1-2-3-14-35(33,34)28-20(22(31)32)15-26-21(30)17-7-9-19(10-8-17)29-13-4-6-18(16-29)27-23-24-11-5-12-25-23/h5,7-12,18,20,28H,2-4,6,13-16H2,1H3,(H,26,30)(H,31,32)(H,24,25,27). The molecule has 0 aliphatic carbocycles. The van der Waals surface area contributed by atoms with E-state index in [0.717, 1.165) is 31.6 Å². The van der Waals surface area contributed by atoms with Crippen LogP contribution in [0, 0.1) is 0 Å². The van der Waals surface area contributed by atoms with Gasteiger partial charge in [-0.1, -0.05) is 13.3 Å². The Morgan fingerprint density at radius 3 is 2.57 bits per heavy atom. The number of anilines is 2. The van der Waals surface area contributed by atoms with Crippen LogP contribution >= 0.6 is 0 Å². The van der Waals surface area contributed by atoms with E-state index in [0.29, 0.717) is 24.4 Å². The van der Waals surface area contributed by atoms with Gasteiger partial charge in [-0.25, -0.2) is 18.4 Å². The maximum absolute atomic E-state index is 12.5. The second-order valence-corrected chi connectivity index (χ2v) is 10.3. The van der Waals surface area contributed by atoms with Gasteiger partial charge in [0.15, 0.2) is 0 Å². The molecule has 3 rings (SSSR count). The summed E-state index contributed by atoms with van der Waals surface area (Å²) in [5, 5.41) is 15.2. The van der Waals surface area contributed by atoms with Crippen LogP contribution in [0.3, 0.4) is 0 Å². The first-order chi connectivity index (χ1) is 16.8. The van der Waals surface area contributed by atoms with E-state index >= 15 is 0 Å². The number of nitrogens with zero attached hydrogens (tertiary/aromatic N) is 3. The molecular weight excluding hydrogens is 472 g/mol. The maximum atomic E-state index is 12.5. The number of unbranched alkanes of at least 4 members (excludes halogenated alkanes) is 1. The highest BCUT2D eigenvalue weighted by molar-refractivity contribution is 7.89. The number of carboxylic acid groups (broad SMARTS) is 1. The first-order valence-corrected chi connectivity index (χ1v) is 13.3. The van der Waals surface area contributed by atoms with Gasteiger partial charge >= 0.3 is 5.97 Å². The van der Waals surface area contributed by atoms with Crippen LogP contribution in [0.4, 0.5) is 11.6 Å². The molecule has 2 atom stereocenters. The Bertz CT molecular complexity index is 1080. The van der Waals surface area contributed by atoms with Gasteiger partial charge in [-0.15, -0.1) is 0 Å². The van der Waals surface area contributed by atoms with Crippen LogP contribution < -0.4 is 20.3 Å². The van der Waals surface area contributed by atoms with E-state index in [1.54, 1.807) is 30.6 Å². The number of amides is 1. The molecule has 11 nitrogen and oxygen atoms in total. The minimum atomic E-state index is -3.74. The number of rotatable bonds is 12. The molecule has 1 aromatic carbocycles. The molecule has 1 amide bonds. The number of aliphatic carboxylic acids is 1. The molecule has 1 fully saturated rings. The molecule has 1 aliphatic heterocycles. The Morgan fingerprint density at radius 2 is 1.91 bits per heavy atom. The van der Waals surface area contributed by atoms with Crippen LogP contribution in [0.2, 0.25) is 0 Å². The smallest absolute Gasteiger partial charge is 0.323 e. The molecule has 2 unspecified atom stereocenters. The Hall–Kier alpha value is -3.25. The number of carbonyl (C=O) groups is 2. The van der Waals surface area contributed by atoms with Gasteiger partial charge in [-0.3, -0.25) is 9.59 Å². The predicted molar refractivity (Wildman–Crippen MR) is 133 cm³/mol. The quantitative estimate of drug-likeness (QED) is 0.336. The fraction of sp³-hybridized carbons (Fsp3) is 0.478. The highest BCUT2D eigenvalue weighted by atomic mass is 32.2. The molecule has 0 radical (unpaired) electrons. The summed E-state index contributed by atoms with van der Waals surface area (Å²) in [7, 11) is -3.74. The first-order valence-electron chi connectivity index (χ1n) is 11.7. The van der Waals surface area contributed by atoms with Crippen LogP contribution in [0.25, 0.3) is 0 Å². The van der Waals surface area contributed by atoms with Gasteiger partial charge in [0.1, 0.15) is 6.04 Å². The zero-order chi connectivity index (χ0) is 25.3. The third kappa shape index (κ3) is 8.18. The molecule has 4 N–H and O–H groups in total. The van der Waals surface area contributed by atoms with Crippen LogP contribution in [-0.4, -0.2) is 72.8 Å². The minimum absolute atomic E-state index is 0.159. The Balaban J connectivity index is 1.54. The van der Waals surface area contributed by atoms with Crippen molar-refractivity contribution in [3.05, 3.63) is 48.3 Å². The van der Waals surface area contributed by atoms with Crippen molar-refractivity contribution in [2.45, 2.75) is 44.7 Å². The average molecular weight is 505 g/mol. The second kappa shape index (κ2) is 12.5. The Morgan fingerprint density at radius 1 is 1.20 bits per heavy atom. The van der Waals surface area contributed by atoms with E-state index in [4.69, 9.17) is 0 Å². The highest BCUT2D eigenvalue weighted by Crippen LogP contribution is 2.22. The van der Waals surface area contributed by atoms with Crippen molar-refractivity contribution >= 4 is 33.5 Å². The van der Waals surface area contributed by atoms with Crippen molar-refractivity contribution in [1.29, 1.82) is 0 Å². The summed E-state index contributed by atoms with van der Waals surface area (Å²) < 4.78 is 26.2. The van der Waals surface area contributed by atoms with Crippen molar-refractivity contribution < 1.29 is 23.1 Å². The fourth-order valence-electron chi connectivity index (χ4n) is 3.80. The van der Waals surface area contributed by atoms with Crippen LogP contribution in [0.5, 0.6) is 0 Å². The summed E-state index contributed by atoms with van der Waals surface area (Å²) in [5.74, 6) is -1.39. The summed E-state index contributed by atoms with van der Waals surface area (Å²) in [5.41, 5.74) is 1.32. The lowest BCUT2D eigenvalue weighted by molar-refractivity contribution is -0.138. The summed E-state index contributed by atoms with van der Waals surface area (Å²) in [4.78, 5) is 34.6. The van der Waals surface area contributed by atoms with Crippen molar-refractivity contribution in [3.63, 3.8) is 0 Å². The lowest BCUT2D eigenvalue weighted by Gasteiger charge is -2.34. The highest BCUT2D eigenvalue weighted by Gasteiger charge is 2.25. The third-order valence-corrected chi connectivity index (χ3v) is 7.14. The SMILES string of the molecule is CCCCS(=O)(=O)NC(CNC(=O)c1ccc(N2CCCC(Nc3ncccn3)C2)cc1)C(=O)O. The number of aromatic nitrogens is 2. The van der Waals surface area contributed by atoms with Gasteiger partial charge in [0.05, 0.1) is 5.75 Å². The summed E-state index contributed by atoms with van der Waals surface area (Å²) in [6.07, 6.45) is 6.48. The topological polar surface area (TPSA) is 154 Å². The van der Waals surface area contributed by atoms with Crippen molar-refractivity contribution in [2.24, 2.45) is 0 Å². The molecule has 0 spiro atoms. The lowest BCUT2D eigenvalue weighted by atomic mass is 10.0. The van der Waals surface area contributed by atoms with Crippen molar-refractivity contribution in [2.75, 3.05) is 35.6 Å². The molecule has 0 saturated carbocycles. The molecule has 0 bridgehead atoms. The number of carbonyl (C=O) groups excluding carboxylic acids is 1. The number of sulfonamides is 1. The van der Waals surface area contributed by atoms with Gasteiger partial charge in [0.25, 0.3) is 5.91 Å². The van der Waals surface area contributed by atoms with E-state index in [9.17, 15) is 23.1 Å². The number of nitrogens with one attached hydrogen (secondary N) is 3. The third-order valence-electron chi connectivity index (χ3n) is 5.67. The lowest BCUT2D eigenvalue weighted by Crippen LogP contribution is -2.48. The van der Waals surface area contributed by atoms with Gasteiger partial charge in [-0.2, -0.15) is 4.72 Å². The molecule has 12 heteroatoms. The molecule has 2 heterocycles. The predicted octanol–water partition coefficient (Wildman–Crippen LogP) is 1.46. The van der Waals surface area contributed by atoms with Gasteiger partial charge in [0.2, 0.25) is 16.0 Å². The normalized spacial score (nSPS) is 16.9. The van der Waals surface area contributed by atoms with Gasteiger partial charge in [0, 0.05) is 49.3 Å². The fourth-order valence-corrected chi connectivity index (χ4v) is 5.20. The molecule has 2 aromatic rings. The van der Waals surface area contributed by atoms with Crippen LogP contribution in [0.15, 0.2) is 42.7 Å². The zero-order valence-corrected chi connectivity index (χ0v) is 20.5. The summed E-state index contributed by atoms with van der Waals surface area (Å²) in [6.45, 7) is 3.14. The molecule has 1 aliphatic rings. The van der Waals surface area contributed by atoms with Crippen LogP contribution in [0.1, 0.15) is 43.0 Å². The zero-order valence-electron chi connectivity index (χ0n) is 19.7. The molecule has 190 valence electrons. The Labute approximate surface area is 205 Å². The van der Waals surface area contributed by atoms with E-state index in [1.807, 2.05) is 19.1 Å². The Kier molecular flexibility index (Phi) is 9.38. The number of benzene rings is 1. The van der Waals surface area contributed by atoms with E-state index in [-0.39, 0.29) is 18.3 Å². The van der Waals surface area contributed by atoms with E-state index in [2.05, 4.69) is 30.2 Å². The van der Waals surface area contributed by atoms with E-state index in [1.165, 1.54) is 0 Å². The summed E-state index contributed by atoms with van der Waals surface area (Å²) >= 11 is 0. The van der Waals surface area contributed by atoms with E-state index < -0.39 is 27.9 Å². The number of carboxylic acids is 1. The van der Waals surface area contributed by atoms with Crippen molar-refractivity contribution in [1.82, 2.24) is 20.0 Å². The molecule has 1 saturated heterocycles.